The van der Waals surface area contributed by atoms with Crippen molar-refractivity contribution in [3.63, 3.8) is 0 Å². The van der Waals surface area contributed by atoms with Crippen molar-refractivity contribution in [3.8, 4) is 0 Å². The molecule has 0 saturated carbocycles. The fraction of sp³-hybridized carbons (Fsp3) is 0.467. The predicted octanol–water partition coefficient (Wildman–Crippen LogP) is 3.29. The molecule has 1 aromatic rings. The summed E-state index contributed by atoms with van der Waals surface area (Å²) in [5.41, 5.74) is 7.49. The van der Waals surface area contributed by atoms with Gasteiger partial charge in [-0.15, -0.1) is 0 Å². The Morgan fingerprint density at radius 2 is 1.95 bits per heavy atom. The van der Waals surface area contributed by atoms with Crippen LogP contribution in [0.25, 0.3) is 0 Å². The number of amides is 1. The molecule has 3 nitrogen and oxygen atoms in total. The number of hydrogen-bond acceptors (Lipinski definition) is 2. The minimum atomic E-state index is -0.112. The van der Waals surface area contributed by atoms with E-state index in [1.165, 1.54) is 0 Å². The van der Waals surface area contributed by atoms with Crippen molar-refractivity contribution in [1.82, 2.24) is 4.90 Å². The second kappa shape index (κ2) is 5.82. The first kappa shape index (κ1) is 15.4. The molecule has 20 heavy (non-hydrogen) atoms. The van der Waals surface area contributed by atoms with Gasteiger partial charge in [-0.2, -0.15) is 0 Å². The minimum absolute atomic E-state index is 0.0828. The maximum absolute atomic E-state index is 12.5. The Morgan fingerprint density at radius 3 is 2.45 bits per heavy atom. The molecular formula is C15H19BrN2OS. The topological polar surface area (TPSA) is 46.3 Å². The van der Waals surface area contributed by atoms with Gasteiger partial charge >= 0.3 is 0 Å². The van der Waals surface area contributed by atoms with Gasteiger partial charge in [0.25, 0.3) is 5.91 Å². The number of rotatable bonds is 2. The van der Waals surface area contributed by atoms with Gasteiger partial charge in [-0.3, -0.25) is 4.79 Å². The van der Waals surface area contributed by atoms with Crippen molar-refractivity contribution in [2.75, 3.05) is 13.1 Å². The van der Waals surface area contributed by atoms with Gasteiger partial charge in [-0.1, -0.05) is 35.1 Å². The maximum atomic E-state index is 12.5. The molecule has 1 heterocycles. The van der Waals surface area contributed by atoms with Crippen LogP contribution in [-0.2, 0) is 0 Å². The Kier molecular flexibility index (Phi) is 4.49. The molecule has 108 valence electrons. The van der Waals surface area contributed by atoms with Crippen molar-refractivity contribution < 1.29 is 4.79 Å². The van der Waals surface area contributed by atoms with E-state index in [4.69, 9.17) is 18.0 Å². The Bertz CT molecular complexity index is 531. The quantitative estimate of drug-likeness (QED) is 0.828. The number of nitrogens with two attached hydrogens (primary N) is 1. The number of thiocarbonyl (C=S) groups is 1. The first-order valence-electron chi connectivity index (χ1n) is 6.68. The van der Waals surface area contributed by atoms with Gasteiger partial charge in [-0.05, 0) is 43.5 Å². The molecule has 1 saturated heterocycles. The lowest BCUT2D eigenvalue weighted by Gasteiger charge is -2.38. The van der Waals surface area contributed by atoms with Crippen molar-refractivity contribution >= 4 is 39.0 Å². The monoisotopic (exact) mass is 354 g/mol. The van der Waals surface area contributed by atoms with Gasteiger partial charge in [0, 0.05) is 28.5 Å². The third-order valence-corrected chi connectivity index (χ3v) is 4.99. The summed E-state index contributed by atoms with van der Waals surface area (Å²) in [6.07, 6.45) is 1.67. The highest BCUT2D eigenvalue weighted by Crippen LogP contribution is 2.32. The van der Waals surface area contributed by atoms with Crippen LogP contribution in [0.2, 0.25) is 0 Å². The molecule has 0 aliphatic carbocycles. The molecular weight excluding hydrogens is 336 g/mol. The summed E-state index contributed by atoms with van der Waals surface area (Å²) in [6, 6.07) is 5.79. The second-order valence-corrected chi connectivity index (χ2v) is 7.09. The second-order valence-electron chi connectivity index (χ2n) is 5.73. The number of benzene rings is 1. The van der Waals surface area contributed by atoms with Crippen LogP contribution in [0, 0.1) is 12.3 Å². The third kappa shape index (κ3) is 3.20. The minimum Gasteiger partial charge on any atom is -0.393 e. The normalized spacial score (nSPS) is 17.9. The van der Waals surface area contributed by atoms with E-state index in [2.05, 4.69) is 22.9 Å². The number of halogens is 1. The first-order valence-corrected chi connectivity index (χ1v) is 7.88. The van der Waals surface area contributed by atoms with Gasteiger partial charge in [0.15, 0.2) is 0 Å². The molecule has 1 aliphatic rings. The highest BCUT2D eigenvalue weighted by atomic mass is 79.9. The van der Waals surface area contributed by atoms with Crippen LogP contribution < -0.4 is 5.73 Å². The summed E-state index contributed by atoms with van der Waals surface area (Å²) >= 11 is 8.57. The lowest BCUT2D eigenvalue weighted by Crippen LogP contribution is -2.46. The number of likely N-dealkylation sites (tertiary alicyclic amines) is 1. The van der Waals surface area contributed by atoms with E-state index >= 15 is 0 Å². The molecule has 1 fully saturated rings. The van der Waals surface area contributed by atoms with Gasteiger partial charge in [0.1, 0.15) is 0 Å². The van der Waals surface area contributed by atoms with Crippen LogP contribution in [0.3, 0.4) is 0 Å². The molecule has 0 bridgehead atoms. The van der Waals surface area contributed by atoms with Gasteiger partial charge in [0.2, 0.25) is 0 Å². The largest absolute Gasteiger partial charge is 0.393 e. The molecule has 0 aromatic heterocycles. The lowest BCUT2D eigenvalue weighted by atomic mass is 9.80. The summed E-state index contributed by atoms with van der Waals surface area (Å²) in [5, 5.41) is 0. The number of hydrogen-bond donors (Lipinski definition) is 1. The van der Waals surface area contributed by atoms with E-state index in [0.717, 1.165) is 28.4 Å². The number of nitrogens with zero attached hydrogens (tertiary/aromatic N) is 1. The molecule has 1 aliphatic heterocycles. The van der Waals surface area contributed by atoms with Crippen LogP contribution in [0.4, 0.5) is 0 Å². The smallest absolute Gasteiger partial charge is 0.253 e. The average molecular weight is 355 g/mol. The number of aryl methyl sites for hydroxylation is 1. The average Bonchev–Trinajstić information content (AvgIpc) is 2.37. The summed E-state index contributed by atoms with van der Waals surface area (Å²) in [6.45, 7) is 5.48. The van der Waals surface area contributed by atoms with Crippen LogP contribution in [0.1, 0.15) is 35.7 Å². The predicted molar refractivity (Wildman–Crippen MR) is 88.9 cm³/mol. The van der Waals surface area contributed by atoms with E-state index < -0.39 is 0 Å². The summed E-state index contributed by atoms with van der Waals surface area (Å²) in [7, 11) is 0. The molecule has 0 radical (unpaired) electrons. The van der Waals surface area contributed by atoms with Gasteiger partial charge in [0.05, 0.1) is 4.99 Å². The number of carbonyl (C=O) groups is 1. The summed E-state index contributed by atoms with van der Waals surface area (Å²) in [5.74, 6) is 0.0828. The van der Waals surface area contributed by atoms with E-state index in [9.17, 15) is 4.79 Å². The molecule has 5 heteroatoms. The Morgan fingerprint density at radius 1 is 1.35 bits per heavy atom. The number of carbonyl (C=O) groups excluding carboxylic acids is 1. The summed E-state index contributed by atoms with van der Waals surface area (Å²) in [4.78, 5) is 15.0. The fourth-order valence-corrected chi connectivity index (χ4v) is 3.30. The van der Waals surface area contributed by atoms with Crippen molar-refractivity contribution in [2.24, 2.45) is 11.1 Å². The van der Waals surface area contributed by atoms with E-state index in [1.807, 2.05) is 30.0 Å². The van der Waals surface area contributed by atoms with Crippen LogP contribution >= 0.6 is 28.1 Å². The zero-order valence-electron chi connectivity index (χ0n) is 11.8. The highest BCUT2D eigenvalue weighted by Gasteiger charge is 2.34. The Labute approximate surface area is 133 Å². The van der Waals surface area contributed by atoms with Gasteiger partial charge in [-0.25, -0.2) is 0 Å². The van der Waals surface area contributed by atoms with Crippen molar-refractivity contribution in [1.29, 1.82) is 0 Å². The first-order chi connectivity index (χ1) is 9.32. The zero-order valence-corrected chi connectivity index (χ0v) is 14.2. The van der Waals surface area contributed by atoms with Crippen LogP contribution in [0.15, 0.2) is 22.7 Å². The lowest BCUT2D eigenvalue weighted by molar-refractivity contribution is 0.0670. The van der Waals surface area contributed by atoms with Crippen LogP contribution in [-0.4, -0.2) is 28.9 Å². The molecule has 2 N–H and O–H groups in total. The molecule has 2 rings (SSSR count). The summed E-state index contributed by atoms with van der Waals surface area (Å²) < 4.78 is 0.936. The van der Waals surface area contributed by atoms with Gasteiger partial charge < -0.3 is 10.6 Å². The molecule has 0 spiro atoms. The Hall–Kier alpha value is -0.940. The van der Waals surface area contributed by atoms with E-state index in [0.29, 0.717) is 18.1 Å². The zero-order chi connectivity index (χ0) is 14.9. The SMILES string of the molecule is Cc1cc(Br)cc(C(=O)N2CCC(C)(C(N)=S)CC2)c1. The number of piperidine rings is 1. The van der Waals surface area contributed by atoms with Crippen LogP contribution in [0.5, 0.6) is 0 Å². The standard InChI is InChI=1S/C15H19BrN2OS/c1-10-7-11(9-12(16)8-10)13(19)18-5-3-15(2,4-6-18)14(17)20/h7-9H,3-6H2,1-2H3,(H2,17,20). The molecule has 1 aromatic carbocycles. The molecule has 0 atom stereocenters. The van der Waals surface area contributed by atoms with Crippen molar-refractivity contribution in [2.45, 2.75) is 26.7 Å². The Balaban J connectivity index is 2.10. The van der Waals surface area contributed by atoms with Crippen molar-refractivity contribution in [3.05, 3.63) is 33.8 Å². The molecule has 0 unspecified atom stereocenters. The van der Waals surface area contributed by atoms with E-state index in [-0.39, 0.29) is 11.3 Å². The maximum Gasteiger partial charge on any atom is 0.253 e. The third-order valence-electron chi connectivity index (χ3n) is 4.04. The van der Waals surface area contributed by atoms with E-state index in [1.54, 1.807) is 0 Å². The molecule has 1 amide bonds. The fourth-order valence-electron chi connectivity index (χ4n) is 2.49. The highest BCUT2D eigenvalue weighted by molar-refractivity contribution is 9.10.